The van der Waals surface area contributed by atoms with Gasteiger partial charge in [-0.2, -0.15) is 0 Å². The number of aromatic nitrogens is 1. The molecule has 114 valence electrons. The minimum absolute atomic E-state index is 0.0297. The maximum atomic E-state index is 5.88. The molecule has 0 radical (unpaired) electrons. The molecular weight excluding hydrogens is 346 g/mol. The highest BCUT2D eigenvalue weighted by atomic mass is 79.9. The Morgan fingerprint density at radius 3 is 2.33 bits per heavy atom. The Kier molecular flexibility index (Phi) is 5.07. The van der Waals surface area contributed by atoms with Gasteiger partial charge in [0.1, 0.15) is 0 Å². The normalized spacial score (nSPS) is 11.7. The van der Waals surface area contributed by atoms with Crippen LogP contribution in [0.3, 0.4) is 0 Å². The molecule has 0 bridgehead atoms. The van der Waals surface area contributed by atoms with Gasteiger partial charge in [0.25, 0.3) is 0 Å². The van der Waals surface area contributed by atoms with Crippen molar-refractivity contribution in [3.63, 3.8) is 0 Å². The predicted octanol–water partition coefficient (Wildman–Crippen LogP) is 4.30. The van der Waals surface area contributed by atoms with Gasteiger partial charge in [-0.05, 0) is 17.7 Å². The van der Waals surface area contributed by atoms with E-state index in [1.807, 2.05) is 0 Å². The van der Waals surface area contributed by atoms with Gasteiger partial charge in [0.2, 0.25) is 0 Å². The predicted molar refractivity (Wildman–Crippen MR) is 95.0 cm³/mol. The molecule has 3 nitrogen and oxygen atoms in total. The van der Waals surface area contributed by atoms with E-state index in [1.54, 1.807) is 11.3 Å². The molecule has 1 aromatic heterocycles. The van der Waals surface area contributed by atoms with Crippen LogP contribution in [0.4, 0.5) is 5.13 Å². The third-order valence-corrected chi connectivity index (χ3v) is 4.96. The van der Waals surface area contributed by atoms with E-state index in [1.165, 1.54) is 10.4 Å². The molecule has 5 heteroatoms. The Bertz CT molecular complexity index is 599. The van der Waals surface area contributed by atoms with Crippen molar-refractivity contribution < 1.29 is 0 Å². The topological polar surface area (TPSA) is 42.2 Å². The zero-order chi connectivity index (χ0) is 15.6. The number of rotatable bonds is 4. The van der Waals surface area contributed by atoms with E-state index in [-0.39, 0.29) is 5.41 Å². The van der Waals surface area contributed by atoms with Gasteiger partial charge in [-0.3, -0.25) is 0 Å². The summed E-state index contributed by atoms with van der Waals surface area (Å²) in [5, 5.41) is 1.03. The van der Waals surface area contributed by atoms with Gasteiger partial charge in [-0.25, -0.2) is 4.98 Å². The second-order valence-electron chi connectivity index (χ2n) is 6.20. The van der Waals surface area contributed by atoms with Crippen LogP contribution in [0.25, 0.3) is 0 Å². The maximum Gasteiger partial charge on any atom is 0.185 e. The molecular formula is C16H22BrN3S. The van der Waals surface area contributed by atoms with Crippen molar-refractivity contribution in [1.82, 2.24) is 4.98 Å². The molecule has 0 atom stereocenters. The van der Waals surface area contributed by atoms with Crippen LogP contribution >= 0.6 is 27.3 Å². The lowest BCUT2D eigenvalue weighted by Gasteiger charge is -2.18. The molecule has 2 N–H and O–H groups in total. The Balaban J connectivity index is 2.21. The standard InChI is InChI=1S/C16H22BrN3S/c1-16(2,3)14-13(9-18)21-15(19-14)20(4)10-11-5-7-12(17)8-6-11/h5-8H,9-10,18H2,1-4H3. The van der Waals surface area contributed by atoms with E-state index < -0.39 is 0 Å². The van der Waals surface area contributed by atoms with Crippen molar-refractivity contribution in [2.75, 3.05) is 11.9 Å². The number of hydrogen-bond donors (Lipinski definition) is 1. The minimum Gasteiger partial charge on any atom is -0.347 e. The van der Waals surface area contributed by atoms with Crippen LogP contribution in [0, 0.1) is 0 Å². The average molecular weight is 368 g/mol. The van der Waals surface area contributed by atoms with Gasteiger partial charge >= 0.3 is 0 Å². The highest BCUT2D eigenvalue weighted by Crippen LogP contribution is 2.33. The van der Waals surface area contributed by atoms with Crippen LogP contribution in [0.5, 0.6) is 0 Å². The number of benzene rings is 1. The molecule has 0 spiro atoms. The third-order valence-electron chi connectivity index (χ3n) is 3.24. The molecule has 0 saturated carbocycles. The highest BCUT2D eigenvalue weighted by Gasteiger charge is 2.23. The van der Waals surface area contributed by atoms with Crippen molar-refractivity contribution in [1.29, 1.82) is 0 Å². The zero-order valence-electron chi connectivity index (χ0n) is 13.0. The van der Waals surface area contributed by atoms with E-state index in [0.29, 0.717) is 6.54 Å². The van der Waals surface area contributed by atoms with Crippen molar-refractivity contribution in [3.8, 4) is 0 Å². The molecule has 0 saturated heterocycles. The van der Waals surface area contributed by atoms with E-state index in [4.69, 9.17) is 10.7 Å². The van der Waals surface area contributed by atoms with Gasteiger partial charge in [-0.1, -0.05) is 48.8 Å². The van der Waals surface area contributed by atoms with Crippen LogP contribution in [0.2, 0.25) is 0 Å². The summed E-state index contributed by atoms with van der Waals surface area (Å²) in [5.41, 5.74) is 8.29. The van der Waals surface area contributed by atoms with Crippen LogP contribution in [0.1, 0.15) is 36.9 Å². The van der Waals surface area contributed by atoms with Crippen LogP contribution < -0.4 is 10.6 Å². The molecule has 0 fully saturated rings. The fraction of sp³-hybridized carbons (Fsp3) is 0.438. The molecule has 0 aliphatic carbocycles. The van der Waals surface area contributed by atoms with Crippen molar-refractivity contribution in [3.05, 3.63) is 44.9 Å². The second kappa shape index (κ2) is 6.46. The molecule has 0 unspecified atom stereocenters. The number of nitrogens with two attached hydrogens (primary N) is 1. The largest absolute Gasteiger partial charge is 0.347 e. The van der Waals surface area contributed by atoms with Crippen molar-refractivity contribution in [2.24, 2.45) is 5.73 Å². The van der Waals surface area contributed by atoms with Crippen LogP contribution in [0.15, 0.2) is 28.7 Å². The minimum atomic E-state index is 0.0297. The molecule has 2 aromatic rings. The highest BCUT2D eigenvalue weighted by molar-refractivity contribution is 9.10. The summed E-state index contributed by atoms with van der Waals surface area (Å²) < 4.78 is 1.10. The van der Waals surface area contributed by atoms with Crippen LogP contribution in [-0.2, 0) is 18.5 Å². The molecule has 0 aliphatic rings. The summed E-state index contributed by atoms with van der Waals surface area (Å²) >= 11 is 5.16. The fourth-order valence-electron chi connectivity index (χ4n) is 2.16. The average Bonchev–Trinajstić information content (AvgIpc) is 2.85. The second-order valence-corrected chi connectivity index (χ2v) is 8.18. The summed E-state index contributed by atoms with van der Waals surface area (Å²) in [6.07, 6.45) is 0. The summed E-state index contributed by atoms with van der Waals surface area (Å²) in [7, 11) is 2.08. The first kappa shape index (κ1) is 16.5. The molecule has 1 aromatic carbocycles. The summed E-state index contributed by atoms with van der Waals surface area (Å²) in [5.74, 6) is 0. The van der Waals surface area contributed by atoms with Gasteiger partial charge in [-0.15, -0.1) is 11.3 Å². The van der Waals surface area contributed by atoms with E-state index >= 15 is 0 Å². The maximum absolute atomic E-state index is 5.88. The monoisotopic (exact) mass is 367 g/mol. The number of hydrogen-bond acceptors (Lipinski definition) is 4. The third kappa shape index (κ3) is 4.05. The Morgan fingerprint density at radius 2 is 1.86 bits per heavy atom. The van der Waals surface area contributed by atoms with Crippen LogP contribution in [-0.4, -0.2) is 12.0 Å². The summed E-state index contributed by atoms with van der Waals surface area (Å²) in [6, 6.07) is 8.39. The summed E-state index contributed by atoms with van der Waals surface area (Å²) in [4.78, 5) is 8.18. The van der Waals surface area contributed by atoms with Gasteiger partial charge in [0.15, 0.2) is 5.13 Å². The SMILES string of the molecule is CN(Cc1ccc(Br)cc1)c1nc(C(C)(C)C)c(CN)s1. The van der Waals surface area contributed by atoms with Gasteiger partial charge in [0, 0.05) is 34.9 Å². The Hall–Kier alpha value is -0.910. The molecule has 0 aliphatic heterocycles. The fourth-order valence-corrected chi connectivity index (χ4v) is 3.53. The molecule has 0 amide bonds. The molecule has 1 heterocycles. The molecule has 21 heavy (non-hydrogen) atoms. The van der Waals surface area contributed by atoms with E-state index in [9.17, 15) is 0 Å². The quantitative estimate of drug-likeness (QED) is 0.875. The van der Waals surface area contributed by atoms with Gasteiger partial charge < -0.3 is 10.6 Å². The lowest BCUT2D eigenvalue weighted by Crippen LogP contribution is -2.18. The number of halogens is 1. The zero-order valence-corrected chi connectivity index (χ0v) is 15.4. The lowest BCUT2D eigenvalue weighted by atomic mass is 9.91. The van der Waals surface area contributed by atoms with E-state index in [2.05, 4.69) is 72.9 Å². The summed E-state index contributed by atoms with van der Waals surface area (Å²) in [6.45, 7) is 7.93. The first-order valence-corrected chi connectivity index (χ1v) is 8.58. The number of anilines is 1. The Labute approximate surface area is 139 Å². The Morgan fingerprint density at radius 1 is 1.24 bits per heavy atom. The van der Waals surface area contributed by atoms with Crippen molar-refractivity contribution in [2.45, 2.75) is 39.3 Å². The first-order chi connectivity index (χ1) is 9.81. The smallest absolute Gasteiger partial charge is 0.185 e. The number of thiazole rings is 1. The number of nitrogens with zero attached hydrogens (tertiary/aromatic N) is 2. The first-order valence-electron chi connectivity index (χ1n) is 6.97. The van der Waals surface area contributed by atoms with E-state index in [0.717, 1.165) is 21.8 Å². The lowest BCUT2D eigenvalue weighted by molar-refractivity contribution is 0.566. The molecule has 2 rings (SSSR count). The van der Waals surface area contributed by atoms with Gasteiger partial charge in [0.05, 0.1) is 5.69 Å². The van der Waals surface area contributed by atoms with Crippen molar-refractivity contribution >= 4 is 32.4 Å².